The smallest absolute Gasteiger partial charge is 0.412 e. The van der Waals surface area contributed by atoms with Crippen LogP contribution in [0, 0.1) is 19.7 Å². The summed E-state index contributed by atoms with van der Waals surface area (Å²) in [7, 11) is 0. The van der Waals surface area contributed by atoms with Gasteiger partial charge in [-0.15, -0.1) is 0 Å². The number of halogens is 1. The highest BCUT2D eigenvalue weighted by molar-refractivity contribution is 6.05. The van der Waals surface area contributed by atoms with Crippen LogP contribution in [0.25, 0.3) is 0 Å². The van der Waals surface area contributed by atoms with Crippen molar-refractivity contribution in [3.05, 3.63) is 64.0 Å². The monoisotopic (exact) mass is 439 g/mol. The predicted molar refractivity (Wildman–Crippen MR) is 112 cm³/mol. The van der Waals surface area contributed by atoms with Crippen molar-refractivity contribution in [1.82, 2.24) is 10.2 Å². The molecule has 2 aromatic carbocycles. The van der Waals surface area contributed by atoms with E-state index in [1.54, 1.807) is 38.1 Å². The number of benzene rings is 2. The number of nitrogens with one attached hydrogen (secondary N) is 2. The first-order valence-corrected chi connectivity index (χ1v) is 10.2. The Morgan fingerprint density at radius 2 is 2.00 bits per heavy atom. The lowest BCUT2D eigenvalue weighted by Crippen LogP contribution is -2.52. The Kier molecular flexibility index (Phi) is 5.65. The highest BCUT2D eigenvalue weighted by Crippen LogP contribution is 2.28. The van der Waals surface area contributed by atoms with Crippen molar-refractivity contribution < 1.29 is 28.3 Å². The van der Waals surface area contributed by atoms with Crippen LogP contribution in [0.5, 0.6) is 0 Å². The molecule has 2 aliphatic rings. The number of hydrogen-bond acceptors (Lipinski definition) is 5. The summed E-state index contributed by atoms with van der Waals surface area (Å²) in [6, 6.07) is 7.59. The van der Waals surface area contributed by atoms with Crippen molar-refractivity contribution in [3.8, 4) is 0 Å². The number of amides is 4. The van der Waals surface area contributed by atoms with E-state index >= 15 is 0 Å². The molecule has 1 saturated heterocycles. The van der Waals surface area contributed by atoms with Crippen LogP contribution in [0.3, 0.4) is 0 Å². The van der Waals surface area contributed by atoms with Gasteiger partial charge in [-0.1, -0.05) is 18.2 Å². The van der Waals surface area contributed by atoms with Crippen LogP contribution in [0.1, 0.15) is 45.5 Å². The average Bonchev–Trinajstić information content (AvgIpc) is 3.06. The maximum Gasteiger partial charge on any atom is 0.412 e. The minimum Gasteiger partial charge on any atom is -0.444 e. The molecule has 0 aromatic heterocycles. The van der Waals surface area contributed by atoms with Crippen LogP contribution in [0.2, 0.25) is 0 Å². The van der Waals surface area contributed by atoms with Gasteiger partial charge in [0.1, 0.15) is 18.5 Å². The third kappa shape index (κ3) is 4.18. The molecule has 32 heavy (non-hydrogen) atoms. The van der Waals surface area contributed by atoms with E-state index in [0.29, 0.717) is 16.7 Å². The largest absolute Gasteiger partial charge is 0.444 e. The molecular formula is C23H22FN3O5. The van der Waals surface area contributed by atoms with Crippen molar-refractivity contribution in [2.24, 2.45) is 0 Å². The topological polar surface area (TPSA) is 105 Å². The Balaban J connectivity index is 1.40. The predicted octanol–water partition coefficient (Wildman–Crippen LogP) is 2.95. The van der Waals surface area contributed by atoms with E-state index in [4.69, 9.17) is 4.74 Å². The van der Waals surface area contributed by atoms with E-state index < -0.39 is 23.9 Å². The number of rotatable bonds is 4. The van der Waals surface area contributed by atoms with Gasteiger partial charge in [0, 0.05) is 18.5 Å². The Bertz CT molecular complexity index is 1150. The fraction of sp³-hybridized carbons (Fsp3) is 0.304. The maximum absolute atomic E-state index is 14.2. The zero-order chi connectivity index (χ0) is 23.0. The minimum absolute atomic E-state index is 0.0384. The standard InChI is InChI=1S/C23H22FN3O5/c1-12-7-13(2)20(24)17(8-12)25-23(31)32-11-14-3-4-15-10-27(22(30)16(15)9-14)18-5-6-19(28)26-21(18)29/h3-4,7-9,18H,5-6,10-11H2,1-2H3,(H,25,31)(H,26,28,29). The minimum atomic E-state index is -0.814. The van der Waals surface area contributed by atoms with Crippen LogP contribution in [0.15, 0.2) is 30.3 Å². The molecule has 0 bridgehead atoms. The summed E-state index contributed by atoms with van der Waals surface area (Å²) in [4.78, 5) is 49.9. The molecular weight excluding hydrogens is 417 g/mol. The molecule has 2 aromatic rings. The van der Waals surface area contributed by atoms with Gasteiger partial charge in [-0.2, -0.15) is 0 Å². The van der Waals surface area contributed by atoms with Gasteiger partial charge >= 0.3 is 6.09 Å². The molecule has 0 aliphatic carbocycles. The summed E-state index contributed by atoms with van der Waals surface area (Å²) in [5.41, 5.74) is 3.02. The summed E-state index contributed by atoms with van der Waals surface area (Å²) in [5.74, 6) is -1.64. The molecule has 2 N–H and O–H groups in total. The number of carbonyl (C=O) groups is 4. The molecule has 2 heterocycles. The van der Waals surface area contributed by atoms with Crippen molar-refractivity contribution >= 4 is 29.5 Å². The molecule has 1 fully saturated rings. The Morgan fingerprint density at radius 1 is 1.22 bits per heavy atom. The van der Waals surface area contributed by atoms with Crippen molar-refractivity contribution in [3.63, 3.8) is 0 Å². The van der Waals surface area contributed by atoms with Gasteiger partial charge < -0.3 is 9.64 Å². The Morgan fingerprint density at radius 3 is 2.75 bits per heavy atom. The second-order valence-electron chi connectivity index (χ2n) is 8.04. The molecule has 0 spiro atoms. The van der Waals surface area contributed by atoms with Crippen molar-refractivity contribution in [2.75, 3.05) is 5.32 Å². The van der Waals surface area contributed by atoms with Gasteiger partial charge in [-0.25, -0.2) is 9.18 Å². The highest BCUT2D eigenvalue weighted by atomic mass is 19.1. The first kappa shape index (κ1) is 21.5. The summed E-state index contributed by atoms with van der Waals surface area (Å²) in [6.45, 7) is 3.56. The summed E-state index contributed by atoms with van der Waals surface area (Å²) < 4.78 is 19.4. The normalized spacial score (nSPS) is 17.8. The zero-order valence-electron chi connectivity index (χ0n) is 17.7. The van der Waals surface area contributed by atoms with Crippen LogP contribution in [-0.4, -0.2) is 34.8 Å². The van der Waals surface area contributed by atoms with E-state index in [1.807, 2.05) is 0 Å². The van der Waals surface area contributed by atoms with Crippen LogP contribution in [-0.2, 0) is 27.5 Å². The highest BCUT2D eigenvalue weighted by Gasteiger charge is 2.39. The van der Waals surface area contributed by atoms with E-state index in [9.17, 15) is 23.6 Å². The van der Waals surface area contributed by atoms with Gasteiger partial charge in [-0.3, -0.25) is 25.0 Å². The second-order valence-corrected chi connectivity index (χ2v) is 8.04. The number of anilines is 1. The summed E-state index contributed by atoms with van der Waals surface area (Å²) in [6.07, 6.45) is -0.340. The molecule has 0 radical (unpaired) electrons. The van der Waals surface area contributed by atoms with Crippen molar-refractivity contribution in [2.45, 2.75) is 45.9 Å². The molecule has 8 nitrogen and oxygen atoms in total. The van der Waals surface area contributed by atoms with Crippen LogP contribution >= 0.6 is 0 Å². The van der Waals surface area contributed by atoms with E-state index in [0.717, 1.165) is 11.1 Å². The number of ether oxygens (including phenoxy) is 1. The summed E-state index contributed by atoms with van der Waals surface area (Å²) >= 11 is 0. The maximum atomic E-state index is 14.2. The third-order valence-corrected chi connectivity index (χ3v) is 5.60. The number of nitrogens with zero attached hydrogens (tertiary/aromatic N) is 1. The number of fused-ring (bicyclic) bond motifs is 1. The first-order valence-electron chi connectivity index (χ1n) is 10.2. The second kappa shape index (κ2) is 8.41. The lowest BCUT2D eigenvalue weighted by molar-refractivity contribution is -0.136. The molecule has 4 amide bonds. The van der Waals surface area contributed by atoms with Gasteiger partial charge in [0.25, 0.3) is 5.91 Å². The molecule has 2 aliphatic heterocycles. The number of imide groups is 1. The fourth-order valence-electron chi connectivity index (χ4n) is 4.03. The van der Waals surface area contributed by atoms with Crippen molar-refractivity contribution in [1.29, 1.82) is 0 Å². The lowest BCUT2D eigenvalue weighted by atomic mass is 10.0. The number of hydrogen-bond donors (Lipinski definition) is 2. The number of piperidine rings is 1. The molecule has 0 saturated carbocycles. The molecule has 166 valence electrons. The Labute approximate surface area is 183 Å². The molecule has 9 heteroatoms. The molecule has 4 rings (SSSR count). The number of carbonyl (C=O) groups excluding carboxylic acids is 4. The van der Waals surface area contributed by atoms with Crippen LogP contribution < -0.4 is 10.6 Å². The summed E-state index contributed by atoms with van der Waals surface area (Å²) in [5, 5.41) is 4.66. The van der Waals surface area contributed by atoms with Crippen LogP contribution in [0.4, 0.5) is 14.9 Å². The van der Waals surface area contributed by atoms with Gasteiger partial charge in [0.05, 0.1) is 5.69 Å². The average molecular weight is 439 g/mol. The van der Waals surface area contributed by atoms with E-state index in [2.05, 4.69) is 10.6 Å². The van der Waals surface area contributed by atoms with E-state index in [-0.39, 0.29) is 43.5 Å². The lowest BCUT2D eigenvalue weighted by Gasteiger charge is -2.29. The quantitative estimate of drug-likeness (QED) is 0.713. The third-order valence-electron chi connectivity index (χ3n) is 5.60. The van der Waals surface area contributed by atoms with Gasteiger partial charge in [0.15, 0.2) is 0 Å². The number of aryl methyl sites for hydroxylation is 2. The molecule has 1 unspecified atom stereocenters. The zero-order valence-corrected chi connectivity index (χ0v) is 17.7. The van der Waals surface area contributed by atoms with Gasteiger partial charge in [0.2, 0.25) is 11.8 Å². The first-order chi connectivity index (χ1) is 15.2. The fourth-order valence-corrected chi connectivity index (χ4v) is 4.03. The Hall–Kier alpha value is -3.75. The molecule has 1 atom stereocenters. The van der Waals surface area contributed by atoms with E-state index in [1.165, 1.54) is 11.0 Å². The van der Waals surface area contributed by atoms with Gasteiger partial charge in [-0.05, 0) is 54.7 Å². The SMILES string of the molecule is Cc1cc(C)c(F)c(NC(=O)OCc2ccc3c(c2)C(=O)N(C2CCC(=O)NC2=O)C3)c1.